The van der Waals surface area contributed by atoms with E-state index in [1.165, 1.54) is 11.3 Å². The van der Waals surface area contributed by atoms with Crippen molar-refractivity contribution in [2.24, 2.45) is 0 Å². The van der Waals surface area contributed by atoms with Gasteiger partial charge in [-0.3, -0.25) is 0 Å². The van der Waals surface area contributed by atoms with Crippen LogP contribution in [0.2, 0.25) is 0 Å². The van der Waals surface area contributed by atoms with Crippen LogP contribution in [0.15, 0.2) is 27.8 Å². The van der Waals surface area contributed by atoms with Crippen molar-refractivity contribution in [1.82, 2.24) is 14.7 Å². The summed E-state index contributed by atoms with van der Waals surface area (Å²) in [4.78, 5) is 11.1. The van der Waals surface area contributed by atoms with Gasteiger partial charge in [-0.25, -0.2) is 23.1 Å². The first kappa shape index (κ1) is 15.4. The highest BCUT2D eigenvalue weighted by atomic mass is 32.2. The topological polar surface area (TPSA) is 75.2 Å². The van der Waals surface area contributed by atoms with Crippen LogP contribution >= 0.6 is 11.3 Å². The zero-order chi connectivity index (χ0) is 15.6. The van der Waals surface area contributed by atoms with Crippen LogP contribution in [-0.2, 0) is 16.6 Å². The standard InChI is InChI=1S/C14H18N4O2S2/c1-11-9-12(17-14(16-11)18-6-2-3-7-18)10-15-22(19,20)13-5-4-8-21-13/h4-5,8-9,15H,2-3,6-7,10H2,1H3. The molecule has 118 valence electrons. The van der Waals surface area contributed by atoms with E-state index >= 15 is 0 Å². The second kappa shape index (κ2) is 6.31. The molecular formula is C14H18N4O2S2. The van der Waals surface area contributed by atoms with Crippen LogP contribution in [0.1, 0.15) is 24.2 Å². The van der Waals surface area contributed by atoms with Gasteiger partial charge in [0.2, 0.25) is 16.0 Å². The Morgan fingerprint density at radius 2 is 2.09 bits per heavy atom. The number of aromatic nitrogens is 2. The fourth-order valence-corrected chi connectivity index (χ4v) is 4.46. The Kier molecular flexibility index (Phi) is 4.42. The minimum absolute atomic E-state index is 0.171. The molecule has 0 aromatic carbocycles. The second-order valence-electron chi connectivity index (χ2n) is 5.25. The fourth-order valence-electron chi connectivity index (χ4n) is 2.42. The van der Waals surface area contributed by atoms with Gasteiger partial charge >= 0.3 is 0 Å². The number of thiophene rings is 1. The molecule has 3 rings (SSSR count). The predicted octanol–water partition coefficient (Wildman–Crippen LogP) is 1.93. The summed E-state index contributed by atoms with van der Waals surface area (Å²) < 4.78 is 27.2. The van der Waals surface area contributed by atoms with Crippen molar-refractivity contribution in [3.05, 3.63) is 35.0 Å². The molecule has 0 unspecified atom stereocenters. The largest absolute Gasteiger partial charge is 0.341 e. The molecule has 0 radical (unpaired) electrons. The van der Waals surface area contributed by atoms with Crippen molar-refractivity contribution < 1.29 is 8.42 Å². The quantitative estimate of drug-likeness (QED) is 0.901. The van der Waals surface area contributed by atoms with E-state index in [0.717, 1.165) is 31.6 Å². The van der Waals surface area contributed by atoms with Gasteiger partial charge in [-0.1, -0.05) is 6.07 Å². The molecule has 0 spiro atoms. The maximum Gasteiger partial charge on any atom is 0.250 e. The van der Waals surface area contributed by atoms with Gasteiger partial charge in [0.15, 0.2) is 0 Å². The average molecular weight is 338 g/mol. The minimum Gasteiger partial charge on any atom is -0.341 e. The lowest BCUT2D eigenvalue weighted by Gasteiger charge is -2.16. The van der Waals surface area contributed by atoms with Crippen molar-refractivity contribution in [3.8, 4) is 0 Å². The smallest absolute Gasteiger partial charge is 0.250 e. The molecule has 6 nitrogen and oxygen atoms in total. The summed E-state index contributed by atoms with van der Waals surface area (Å²) in [5, 5.41) is 1.74. The van der Waals surface area contributed by atoms with Crippen LogP contribution in [-0.4, -0.2) is 31.5 Å². The summed E-state index contributed by atoms with van der Waals surface area (Å²) in [7, 11) is -3.47. The molecule has 0 atom stereocenters. The highest BCUT2D eigenvalue weighted by Gasteiger charge is 2.18. The van der Waals surface area contributed by atoms with Crippen LogP contribution in [0.5, 0.6) is 0 Å². The predicted molar refractivity (Wildman–Crippen MR) is 86.6 cm³/mol. The maximum absolute atomic E-state index is 12.1. The van der Waals surface area contributed by atoms with E-state index in [2.05, 4.69) is 19.6 Å². The van der Waals surface area contributed by atoms with Gasteiger partial charge in [-0.15, -0.1) is 11.3 Å². The van der Waals surface area contributed by atoms with Crippen LogP contribution in [0.4, 0.5) is 5.95 Å². The molecular weight excluding hydrogens is 320 g/mol. The third kappa shape index (κ3) is 3.45. The Balaban J connectivity index is 1.75. The van der Waals surface area contributed by atoms with E-state index in [9.17, 15) is 8.42 Å². The molecule has 3 heterocycles. The number of nitrogens with one attached hydrogen (secondary N) is 1. The molecule has 1 aliphatic heterocycles. The average Bonchev–Trinajstić information content (AvgIpc) is 3.17. The maximum atomic E-state index is 12.1. The number of hydrogen-bond donors (Lipinski definition) is 1. The van der Waals surface area contributed by atoms with Gasteiger partial charge in [0.1, 0.15) is 4.21 Å². The third-order valence-electron chi connectivity index (χ3n) is 3.49. The second-order valence-corrected chi connectivity index (χ2v) is 8.19. The highest BCUT2D eigenvalue weighted by Crippen LogP contribution is 2.18. The normalized spacial score (nSPS) is 15.4. The Morgan fingerprint density at radius 3 is 2.77 bits per heavy atom. The van der Waals surface area contributed by atoms with Crippen LogP contribution < -0.4 is 9.62 Å². The number of aryl methyl sites for hydroxylation is 1. The molecule has 1 aliphatic rings. The Hall–Kier alpha value is -1.51. The van der Waals surface area contributed by atoms with Crippen molar-refractivity contribution in [2.75, 3.05) is 18.0 Å². The van der Waals surface area contributed by atoms with Crippen molar-refractivity contribution in [2.45, 2.75) is 30.5 Å². The molecule has 1 fully saturated rings. The lowest BCUT2D eigenvalue weighted by molar-refractivity contribution is 0.582. The number of nitrogens with zero attached hydrogens (tertiary/aromatic N) is 3. The molecule has 1 N–H and O–H groups in total. The summed E-state index contributed by atoms with van der Waals surface area (Å²) in [5.74, 6) is 0.697. The molecule has 2 aromatic heterocycles. The lowest BCUT2D eigenvalue weighted by atomic mass is 10.3. The summed E-state index contributed by atoms with van der Waals surface area (Å²) in [6.45, 7) is 4.00. The van der Waals surface area contributed by atoms with Crippen LogP contribution in [0.3, 0.4) is 0 Å². The zero-order valence-electron chi connectivity index (χ0n) is 12.3. The molecule has 0 bridgehead atoms. The first-order chi connectivity index (χ1) is 10.5. The van der Waals surface area contributed by atoms with Gasteiger partial charge in [-0.2, -0.15) is 0 Å². The summed E-state index contributed by atoms with van der Waals surface area (Å²) >= 11 is 1.20. The first-order valence-electron chi connectivity index (χ1n) is 7.17. The van der Waals surface area contributed by atoms with Gasteiger partial charge < -0.3 is 4.90 Å². The molecule has 1 saturated heterocycles. The van der Waals surface area contributed by atoms with Crippen molar-refractivity contribution in [3.63, 3.8) is 0 Å². The van der Waals surface area contributed by atoms with E-state index in [1.807, 2.05) is 13.0 Å². The Morgan fingerprint density at radius 1 is 1.32 bits per heavy atom. The monoisotopic (exact) mass is 338 g/mol. The SMILES string of the molecule is Cc1cc(CNS(=O)(=O)c2cccs2)nc(N2CCCC2)n1. The van der Waals surface area contributed by atoms with Crippen molar-refractivity contribution in [1.29, 1.82) is 0 Å². The first-order valence-corrected chi connectivity index (χ1v) is 9.53. The Labute approximate surface area is 134 Å². The molecule has 22 heavy (non-hydrogen) atoms. The number of hydrogen-bond acceptors (Lipinski definition) is 6. The fraction of sp³-hybridized carbons (Fsp3) is 0.429. The van der Waals surface area contributed by atoms with Gasteiger partial charge in [0.25, 0.3) is 0 Å². The van der Waals surface area contributed by atoms with E-state index < -0.39 is 10.0 Å². The van der Waals surface area contributed by atoms with Gasteiger partial charge in [0.05, 0.1) is 12.2 Å². The van der Waals surface area contributed by atoms with Crippen LogP contribution in [0, 0.1) is 6.92 Å². The highest BCUT2D eigenvalue weighted by molar-refractivity contribution is 7.91. The molecule has 0 saturated carbocycles. The van der Waals surface area contributed by atoms with E-state index in [4.69, 9.17) is 0 Å². The van der Waals surface area contributed by atoms with Crippen LogP contribution in [0.25, 0.3) is 0 Å². The minimum atomic E-state index is -3.47. The lowest BCUT2D eigenvalue weighted by Crippen LogP contribution is -2.25. The molecule has 2 aromatic rings. The number of rotatable bonds is 5. The summed E-state index contributed by atoms with van der Waals surface area (Å²) in [6.07, 6.45) is 2.30. The zero-order valence-corrected chi connectivity index (χ0v) is 14.0. The van der Waals surface area contributed by atoms with Gasteiger partial charge in [-0.05, 0) is 37.3 Å². The van der Waals surface area contributed by atoms with E-state index in [0.29, 0.717) is 15.9 Å². The number of anilines is 1. The Bertz CT molecular complexity index is 738. The third-order valence-corrected chi connectivity index (χ3v) is 6.29. The van der Waals surface area contributed by atoms with E-state index in [-0.39, 0.29) is 6.54 Å². The number of sulfonamides is 1. The molecule has 0 amide bonds. The molecule has 8 heteroatoms. The van der Waals surface area contributed by atoms with Crippen molar-refractivity contribution >= 4 is 27.3 Å². The molecule has 0 aliphatic carbocycles. The van der Waals surface area contributed by atoms with E-state index in [1.54, 1.807) is 17.5 Å². The van der Waals surface area contributed by atoms with Gasteiger partial charge in [0, 0.05) is 18.8 Å². The summed E-state index contributed by atoms with van der Waals surface area (Å²) in [5.41, 5.74) is 1.54. The summed E-state index contributed by atoms with van der Waals surface area (Å²) in [6, 6.07) is 5.13.